The second-order valence-corrected chi connectivity index (χ2v) is 8.07. The van der Waals surface area contributed by atoms with Crippen molar-refractivity contribution in [1.82, 2.24) is 4.57 Å². The number of rotatable bonds is 4. The lowest BCUT2D eigenvalue weighted by Gasteiger charge is -2.19. The van der Waals surface area contributed by atoms with Gasteiger partial charge in [0, 0.05) is 48.1 Å². The number of carbonyl (C=O) groups is 1. The fourth-order valence-electron chi connectivity index (χ4n) is 4.54. The monoisotopic (exact) mass is 404 g/mol. The molecular formula is C24H24N2O4. The van der Waals surface area contributed by atoms with E-state index in [0.29, 0.717) is 23.4 Å². The van der Waals surface area contributed by atoms with Gasteiger partial charge in [0.1, 0.15) is 18.0 Å². The van der Waals surface area contributed by atoms with Crippen molar-refractivity contribution in [2.75, 3.05) is 20.2 Å². The van der Waals surface area contributed by atoms with Crippen LogP contribution in [0.3, 0.4) is 0 Å². The van der Waals surface area contributed by atoms with E-state index in [9.17, 15) is 9.90 Å². The van der Waals surface area contributed by atoms with Crippen molar-refractivity contribution in [2.24, 2.45) is 7.05 Å². The van der Waals surface area contributed by atoms with Crippen molar-refractivity contribution in [3.05, 3.63) is 59.0 Å². The maximum Gasteiger partial charge on any atom is 0.231 e. The molecule has 0 bridgehead atoms. The molecule has 3 heterocycles. The maximum absolute atomic E-state index is 13.0. The number of likely N-dealkylation sites (tertiary alicyclic amines) is 1. The summed E-state index contributed by atoms with van der Waals surface area (Å²) in [4.78, 5) is 14.4. The fraction of sp³-hybridized carbons (Fsp3) is 0.292. The van der Waals surface area contributed by atoms with E-state index < -0.39 is 0 Å². The van der Waals surface area contributed by atoms with Crippen LogP contribution < -0.4 is 19.5 Å². The summed E-state index contributed by atoms with van der Waals surface area (Å²) in [6, 6.07) is 8.94. The highest BCUT2D eigenvalue weighted by atomic mass is 16.5. The van der Waals surface area contributed by atoms with Crippen molar-refractivity contribution < 1.29 is 24.3 Å². The highest BCUT2D eigenvalue weighted by molar-refractivity contribution is 6.15. The Morgan fingerprint density at radius 3 is 2.80 bits per heavy atom. The van der Waals surface area contributed by atoms with Gasteiger partial charge in [-0.25, -0.2) is 0 Å². The summed E-state index contributed by atoms with van der Waals surface area (Å²) < 4.78 is 13.4. The molecule has 2 aliphatic rings. The van der Waals surface area contributed by atoms with E-state index in [0.717, 1.165) is 35.3 Å². The second kappa shape index (κ2) is 7.22. The van der Waals surface area contributed by atoms with Crippen LogP contribution in [0.4, 0.5) is 0 Å². The van der Waals surface area contributed by atoms with Gasteiger partial charge in [0.15, 0.2) is 5.76 Å². The average Bonchev–Trinajstić information content (AvgIpc) is 3.44. The minimum absolute atomic E-state index is 0.0582. The van der Waals surface area contributed by atoms with Crippen LogP contribution in [0.5, 0.6) is 17.2 Å². The maximum atomic E-state index is 13.0. The zero-order valence-electron chi connectivity index (χ0n) is 17.2. The Kier molecular flexibility index (Phi) is 4.51. The molecule has 1 N–H and O–H groups in total. The molecule has 5 rings (SSSR count). The number of allylic oxidation sites excluding steroid dienone is 1. The quantitative estimate of drug-likeness (QED) is 0.676. The van der Waals surface area contributed by atoms with Crippen molar-refractivity contribution in [1.29, 1.82) is 0 Å². The van der Waals surface area contributed by atoms with Gasteiger partial charge in [0.2, 0.25) is 5.78 Å². The van der Waals surface area contributed by atoms with Gasteiger partial charge in [0.05, 0.1) is 25.8 Å². The van der Waals surface area contributed by atoms with Crippen molar-refractivity contribution in [2.45, 2.75) is 19.4 Å². The molecule has 2 aliphatic heterocycles. The lowest BCUT2D eigenvalue weighted by atomic mass is 10.0. The summed E-state index contributed by atoms with van der Waals surface area (Å²) in [5.41, 5.74) is 3.00. The number of ketones is 1. The van der Waals surface area contributed by atoms with E-state index in [1.54, 1.807) is 19.3 Å². The van der Waals surface area contributed by atoms with Gasteiger partial charge in [0.25, 0.3) is 0 Å². The van der Waals surface area contributed by atoms with Crippen LogP contribution in [0, 0.1) is 0 Å². The molecule has 0 aliphatic carbocycles. The molecule has 1 fully saturated rings. The number of hydrogen-bond donors (Lipinski definition) is 1. The van der Waals surface area contributed by atoms with E-state index in [4.69, 9.17) is 9.47 Å². The lowest BCUT2D eigenvalue weighted by Crippen LogP contribution is -3.08. The van der Waals surface area contributed by atoms with Gasteiger partial charge in [-0.3, -0.25) is 4.79 Å². The summed E-state index contributed by atoms with van der Waals surface area (Å²) in [5.74, 6) is 1.21. The molecule has 154 valence electrons. The average molecular weight is 404 g/mol. The normalized spacial score (nSPS) is 17.7. The molecular weight excluding hydrogens is 380 g/mol. The van der Waals surface area contributed by atoms with E-state index >= 15 is 0 Å². The summed E-state index contributed by atoms with van der Waals surface area (Å²) in [6.45, 7) is 2.71. The van der Waals surface area contributed by atoms with Gasteiger partial charge < -0.3 is 24.0 Å². The summed E-state index contributed by atoms with van der Waals surface area (Å²) in [7, 11) is 3.59. The Balaban J connectivity index is 1.54. The zero-order valence-corrected chi connectivity index (χ0v) is 17.2. The molecule has 0 saturated carbocycles. The number of hydrogen-bond acceptors (Lipinski definition) is 4. The van der Waals surface area contributed by atoms with Gasteiger partial charge in [-0.1, -0.05) is 11.8 Å². The van der Waals surface area contributed by atoms with E-state index in [-0.39, 0.29) is 17.3 Å². The standard InChI is InChI=1S/C24H24N2O4/c1-25-13-15(18-12-16(29-2)5-7-20(18)25)11-22-23(28)17-6-8-21(27)19(24(17)30-22)14-26-9-3-4-10-26/h5-8,11-13,27H,3-4,9-10,14H2,1-2H3/b22-11+. The number of carbonyl (C=O) groups excluding carboxylic acids is 1. The Hall–Kier alpha value is -3.25. The first-order valence-corrected chi connectivity index (χ1v) is 10.3. The third kappa shape index (κ3) is 3.04. The third-order valence-corrected chi connectivity index (χ3v) is 6.15. The number of methoxy groups -OCH3 is 1. The Labute approximate surface area is 174 Å². The number of ether oxygens (including phenoxy) is 2. The van der Waals surface area contributed by atoms with Crippen molar-refractivity contribution >= 4 is 22.8 Å². The number of fused-ring (bicyclic) bond motifs is 2. The van der Waals surface area contributed by atoms with E-state index in [2.05, 4.69) is 0 Å². The molecule has 0 unspecified atom stereocenters. The molecule has 3 aromatic rings. The first kappa shape index (κ1) is 18.8. The summed E-state index contributed by atoms with van der Waals surface area (Å²) in [5, 5.41) is 13.5. The van der Waals surface area contributed by atoms with Crippen LogP contribution in [-0.4, -0.2) is 30.5 Å². The van der Waals surface area contributed by atoms with Gasteiger partial charge in [-0.2, -0.15) is 0 Å². The molecule has 6 nitrogen and oxygen atoms in total. The van der Waals surface area contributed by atoms with Crippen LogP contribution in [0.1, 0.15) is 34.3 Å². The predicted octanol–water partition coefficient (Wildman–Crippen LogP) is 2.06. The minimum atomic E-state index is -0.178. The number of Topliss-reactive ketones (excluding diaryl/α,β-unsaturated/α-hetero) is 1. The zero-order chi connectivity index (χ0) is 20.8. The van der Waals surface area contributed by atoms with Crippen molar-refractivity contribution in [3.63, 3.8) is 0 Å². The number of aryl methyl sites for hydroxylation is 1. The lowest BCUT2D eigenvalue weighted by molar-refractivity contribution is -0.901. The molecule has 1 aromatic heterocycles. The molecule has 6 heteroatoms. The van der Waals surface area contributed by atoms with Gasteiger partial charge in [-0.05, 0) is 30.3 Å². The number of aromatic nitrogens is 1. The highest BCUT2D eigenvalue weighted by Crippen LogP contribution is 2.39. The highest BCUT2D eigenvalue weighted by Gasteiger charge is 2.31. The molecule has 0 atom stereocenters. The second-order valence-electron chi connectivity index (χ2n) is 8.07. The summed E-state index contributed by atoms with van der Waals surface area (Å²) >= 11 is 0. The van der Waals surface area contributed by atoms with Crippen LogP contribution in [-0.2, 0) is 13.6 Å². The predicted molar refractivity (Wildman–Crippen MR) is 112 cm³/mol. The smallest absolute Gasteiger partial charge is 0.231 e. The largest absolute Gasteiger partial charge is 0.872 e. The number of benzene rings is 2. The minimum Gasteiger partial charge on any atom is -0.872 e. The van der Waals surface area contributed by atoms with E-state index in [1.807, 2.05) is 36.0 Å². The first-order valence-electron chi connectivity index (χ1n) is 10.3. The number of quaternary nitrogens is 1. The van der Waals surface area contributed by atoms with Gasteiger partial charge >= 0.3 is 0 Å². The Bertz CT molecular complexity index is 1190. The first-order chi connectivity index (χ1) is 14.5. The summed E-state index contributed by atoms with van der Waals surface area (Å²) in [6.07, 6.45) is 6.08. The fourth-order valence-corrected chi connectivity index (χ4v) is 4.54. The number of nitrogens with zero attached hydrogens (tertiary/aromatic N) is 1. The number of nitrogens with one attached hydrogen (secondary N) is 1. The molecule has 0 amide bonds. The van der Waals surface area contributed by atoms with Crippen LogP contribution in [0.15, 0.2) is 42.3 Å². The molecule has 0 spiro atoms. The topological polar surface area (TPSA) is 68.0 Å². The third-order valence-electron chi connectivity index (χ3n) is 6.15. The van der Waals surface area contributed by atoms with Gasteiger partial charge in [-0.15, -0.1) is 0 Å². The van der Waals surface area contributed by atoms with E-state index in [1.165, 1.54) is 23.8 Å². The van der Waals surface area contributed by atoms with Crippen molar-refractivity contribution in [3.8, 4) is 17.2 Å². The Morgan fingerprint density at radius 2 is 2.03 bits per heavy atom. The van der Waals surface area contributed by atoms with Crippen LogP contribution in [0.2, 0.25) is 0 Å². The van der Waals surface area contributed by atoms with Crippen LogP contribution >= 0.6 is 0 Å². The Morgan fingerprint density at radius 1 is 1.23 bits per heavy atom. The molecule has 30 heavy (non-hydrogen) atoms. The SMILES string of the molecule is COc1ccc2c(c1)c(/C=C1/Oc3c(ccc([O-])c3C[NH+]3CCCC3)C1=O)cn2C. The van der Waals surface area contributed by atoms with Crippen LogP contribution in [0.25, 0.3) is 17.0 Å². The molecule has 1 saturated heterocycles. The molecule has 2 aromatic carbocycles. The molecule has 0 radical (unpaired) electrons.